The van der Waals surface area contributed by atoms with Gasteiger partial charge in [0.2, 0.25) is 0 Å². The minimum atomic E-state index is -1.56. The van der Waals surface area contributed by atoms with Gasteiger partial charge in [0, 0.05) is 37.7 Å². The number of aliphatic carboxylic acids is 1. The van der Waals surface area contributed by atoms with E-state index in [9.17, 15) is 25.2 Å². The summed E-state index contributed by atoms with van der Waals surface area (Å²) in [5, 5.41) is 41.8. The van der Waals surface area contributed by atoms with Crippen LogP contribution in [0.4, 0.5) is 0 Å². The van der Waals surface area contributed by atoms with E-state index in [2.05, 4.69) is 27.7 Å². The van der Waals surface area contributed by atoms with Crippen LogP contribution in [0.25, 0.3) is 0 Å². The van der Waals surface area contributed by atoms with E-state index in [0.29, 0.717) is 19.3 Å². The Kier molecular flexibility index (Phi) is 10.9. The molecule has 5 saturated heterocycles. The Hall–Kier alpha value is -0.890. The zero-order valence-corrected chi connectivity index (χ0v) is 30.0. The van der Waals surface area contributed by atoms with Gasteiger partial charge in [-0.25, -0.2) is 0 Å². The highest BCUT2D eigenvalue weighted by Crippen LogP contribution is 2.55. The standard InChI is InChI=1S/C36H62O11/c1-10-34(31-20(3)16-26(43-31)28-19(2)15-21(4)36(41,18-37)46-28)12-11-27(44-34)33(8)13-14-35(47-33)17-25(38)22(5)30(45-35)23(6)29(42-9)24(7)32(39)40/h19-31,37-38,41H,10-18H2,1-9H3,(H,39,40)/t19-,20-,21+,22+,23?,24?,25-,26+,27+,28-,29?,30-,31+,33-,34-,35+,36-/m0/s1. The Morgan fingerprint density at radius 2 is 1.72 bits per heavy atom. The smallest absolute Gasteiger partial charge is 0.308 e. The van der Waals surface area contributed by atoms with E-state index in [1.807, 2.05) is 20.8 Å². The molecule has 0 aromatic rings. The molecule has 0 aliphatic carbocycles. The van der Waals surface area contributed by atoms with Crippen LogP contribution in [0.15, 0.2) is 0 Å². The first kappa shape index (κ1) is 37.4. The molecule has 5 heterocycles. The van der Waals surface area contributed by atoms with E-state index in [-0.39, 0.29) is 54.0 Å². The Labute approximate surface area is 281 Å². The number of carboxylic acid groups (broad SMARTS) is 1. The quantitative estimate of drug-likeness (QED) is 0.264. The summed E-state index contributed by atoms with van der Waals surface area (Å²) in [6, 6.07) is 0. The molecule has 5 fully saturated rings. The highest BCUT2D eigenvalue weighted by molar-refractivity contribution is 5.70. The van der Waals surface area contributed by atoms with Crippen LogP contribution >= 0.6 is 0 Å². The number of carboxylic acids is 1. The third-order valence-corrected chi connectivity index (χ3v) is 13.0. The van der Waals surface area contributed by atoms with Crippen molar-refractivity contribution in [2.24, 2.45) is 35.5 Å². The second-order valence-corrected chi connectivity index (χ2v) is 16.3. The molecule has 17 atom stereocenters. The predicted octanol–water partition coefficient (Wildman–Crippen LogP) is 4.27. The van der Waals surface area contributed by atoms with E-state index in [0.717, 1.165) is 32.1 Å². The van der Waals surface area contributed by atoms with Crippen LogP contribution in [0.5, 0.6) is 0 Å². The molecule has 0 saturated carbocycles. The molecule has 0 aromatic carbocycles. The number of aliphatic hydroxyl groups is 3. The third-order valence-electron chi connectivity index (χ3n) is 13.0. The first-order chi connectivity index (χ1) is 22.0. The number of aliphatic hydroxyl groups excluding tert-OH is 2. The van der Waals surface area contributed by atoms with E-state index >= 15 is 0 Å². The van der Waals surface area contributed by atoms with Crippen molar-refractivity contribution in [3.63, 3.8) is 0 Å². The van der Waals surface area contributed by atoms with Crippen molar-refractivity contribution in [3.8, 4) is 0 Å². The second-order valence-electron chi connectivity index (χ2n) is 16.3. The molecule has 0 aromatic heterocycles. The van der Waals surface area contributed by atoms with Gasteiger partial charge in [-0.3, -0.25) is 4.79 Å². The number of carbonyl (C=O) groups is 1. The molecule has 1 spiro atoms. The molecule has 272 valence electrons. The summed E-state index contributed by atoms with van der Waals surface area (Å²) in [5.41, 5.74) is -1.15. The first-order valence-corrected chi connectivity index (χ1v) is 18.1. The SMILES string of the molecule is CC[C@@]1([C@@H]2O[C@@H]([C@H]3O[C@@](O)(CO)[C@H](C)C[C@@H]3C)C[C@@H]2C)CC[C@H]([C@]2(C)CC[C@]3(C[C@H](O)[C@@H](C)[C@@H](C(C)C(OC)C(C)C(=O)O)O3)O2)O1. The Balaban J connectivity index is 1.29. The zero-order chi connectivity index (χ0) is 34.7. The van der Waals surface area contributed by atoms with E-state index < -0.39 is 59.6 Å². The maximum Gasteiger partial charge on any atom is 0.308 e. The lowest BCUT2D eigenvalue weighted by Gasteiger charge is -2.49. The van der Waals surface area contributed by atoms with Crippen molar-refractivity contribution < 1.29 is 53.6 Å². The van der Waals surface area contributed by atoms with Gasteiger partial charge in [0.1, 0.15) is 0 Å². The molecule has 11 heteroatoms. The fourth-order valence-electron chi connectivity index (χ4n) is 9.91. The van der Waals surface area contributed by atoms with Gasteiger partial charge < -0.3 is 48.8 Å². The highest BCUT2D eigenvalue weighted by atomic mass is 16.7. The van der Waals surface area contributed by atoms with Crippen molar-refractivity contribution >= 4 is 5.97 Å². The summed E-state index contributed by atoms with van der Waals surface area (Å²) in [6.45, 7) is 15.6. The monoisotopic (exact) mass is 670 g/mol. The van der Waals surface area contributed by atoms with Crippen LogP contribution < -0.4 is 0 Å². The van der Waals surface area contributed by atoms with Crippen LogP contribution in [-0.4, -0.2) is 106 Å². The van der Waals surface area contributed by atoms with Crippen LogP contribution in [0.2, 0.25) is 0 Å². The van der Waals surface area contributed by atoms with Crippen molar-refractivity contribution in [3.05, 3.63) is 0 Å². The molecule has 11 nitrogen and oxygen atoms in total. The molecule has 4 N–H and O–H groups in total. The van der Waals surface area contributed by atoms with Crippen molar-refractivity contribution in [2.75, 3.05) is 13.7 Å². The molecule has 5 rings (SSSR count). The molecular weight excluding hydrogens is 608 g/mol. The molecular formula is C36H62O11. The van der Waals surface area contributed by atoms with Crippen molar-refractivity contribution in [1.29, 1.82) is 0 Å². The number of ether oxygens (including phenoxy) is 6. The van der Waals surface area contributed by atoms with Crippen LogP contribution in [0.3, 0.4) is 0 Å². The summed E-state index contributed by atoms with van der Waals surface area (Å²) in [7, 11) is 1.52. The van der Waals surface area contributed by atoms with Gasteiger partial charge >= 0.3 is 5.97 Å². The number of methoxy groups -OCH3 is 1. The maximum absolute atomic E-state index is 11.8. The predicted molar refractivity (Wildman–Crippen MR) is 172 cm³/mol. The minimum absolute atomic E-state index is 0.153. The van der Waals surface area contributed by atoms with Gasteiger partial charge in [-0.1, -0.05) is 41.5 Å². The highest BCUT2D eigenvalue weighted by Gasteiger charge is 2.62. The molecule has 0 amide bonds. The molecule has 5 aliphatic rings. The Morgan fingerprint density at radius 3 is 2.34 bits per heavy atom. The van der Waals surface area contributed by atoms with Gasteiger partial charge in [0.25, 0.3) is 0 Å². The molecule has 0 radical (unpaired) electrons. The fourth-order valence-corrected chi connectivity index (χ4v) is 9.91. The lowest BCUT2D eigenvalue weighted by Crippen LogP contribution is -2.57. The second kappa shape index (κ2) is 13.7. The molecule has 3 unspecified atom stereocenters. The van der Waals surface area contributed by atoms with E-state index in [1.165, 1.54) is 7.11 Å². The molecule has 47 heavy (non-hydrogen) atoms. The largest absolute Gasteiger partial charge is 0.481 e. The summed E-state index contributed by atoms with van der Waals surface area (Å²) in [4.78, 5) is 11.8. The normalized spacial score (nSPS) is 50.9. The van der Waals surface area contributed by atoms with Crippen LogP contribution in [0.1, 0.15) is 107 Å². The van der Waals surface area contributed by atoms with Crippen molar-refractivity contribution in [2.45, 2.75) is 172 Å². The van der Waals surface area contributed by atoms with E-state index in [4.69, 9.17) is 28.4 Å². The Morgan fingerprint density at radius 1 is 1.02 bits per heavy atom. The average Bonchev–Trinajstić information content (AvgIpc) is 3.73. The number of hydrogen-bond donors (Lipinski definition) is 4. The summed E-state index contributed by atoms with van der Waals surface area (Å²) >= 11 is 0. The molecule has 0 bridgehead atoms. The van der Waals surface area contributed by atoms with Gasteiger partial charge in [-0.2, -0.15) is 0 Å². The lowest BCUT2D eigenvalue weighted by molar-refractivity contribution is -0.336. The first-order valence-electron chi connectivity index (χ1n) is 18.1. The van der Waals surface area contributed by atoms with Crippen LogP contribution in [-0.2, 0) is 33.2 Å². The van der Waals surface area contributed by atoms with Gasteiger partial charge in [0.15, 0.2) is 11.6 Å². The topological polar surface area (TPSA) is 153 Å². The number of hydrogen-bond acceptors (Lipinski definition) is 10. The average molecular weight is 671 g/mol. The van der Waals surface area contributed by atoms with E-state index in [1.54, 1.807) is 6.92 Å². The lowest BCUT2D eigenvalue weighted by atomic mass is 9.78. The third kappa shape index (κ3) is 6.67. The van der Waals surface area contributed by atoms with Gasteiger partial charge in [-0.05, 0) is 64.2 Å². The van der Waals surface area contributed by atoms with Crippen LogP contribution in [0, 0.1) is 35.5 Å². The molecule has 5 aliphatic heterocycles. The Bertz CT molecular complexity index is 1110. The zero-order valence-electron chi connectivity index (χ0n) is 30.0. The number of rotatable bonds is 10. The van der Waals surface area contributed by atoms with Gasteiger partial charge in [-0.15, -0.1) is 0 Å². The minimum Gasteiger partial charge on any atom is -0.481 e. The van der Waals surface area contributed by atoms with Gasteiger partial charge in [0.05, 0.1) is 66.5 Å². The summed E-state index contributed by atoms with van der Waals surface area (Å²) in [6.07, 6.45) is 2.99. The van der Waals surface area contributed by atoms with Crippen molar-refractivity contribution in [1.82, 2.24) is 0 Å². The fraction of sp³-hybridized carbons (Fsp3) is 0.972. The summed E-state index contributed by atoms with van der Waals surface area (Å²) in [5.74, 6) is -4.52. The maximum atomic E-state index is 11.8. The summed E-state index contributed by atoms with van der Waals surface area (Å²) < 4.78 is 39.4.